The van der Waals surface area contributed by atoms with E-state index in [0.29, 0.717) is 30.8 Å². The van der Waals surface area contributed by atoms with Crippen molar-refractivity contribution in [3.63, 3.8) is 0 Å². The van der Waals surface area contributed by atoms with E-state index in [1.165, 1.54) is 0 Å². The molecule has 1 unspecified atom stereocenters. The molecule has 0 radical (unpaired) electrons. The lowest BCUT2D eigenvalue weighted by atomic mass is 10.0. The number of rotatable bonds is 5. The highest BCUT2D eigenvalue weighted by Crippen LogP contribution is 2.24. The first-order chi connectivity index (χ1) is 11.2. The number of imidazole rings is 1. The van der Waals surface area contributed by atoms with E-state index in [4.69, 9.17) is 0 Å². The average molecular weight is 314 g/mol. The molecule has 0 saturated carbocycles. The number of aliphatic hydroxyl groups is 1. The zero-order chi connectivity index (χ0) is 16.2. The Hall–Kier alpha value is -2.67. The molecule has 0 amide bonds. The fourth-order valence-electron chi connectivity index (χ4n) is 2.70. The van der Waals surface area contributed by atoms with Crippen molar-refractivity contribution < 1.29 is 15.0 Å². The maximum absolute atomic E-state index is 11.2. The highest BCUT2D eigenvalue weighted by molar-refractivity contribution is 5.89. The fourth-order valence-corrected chi connectivity index (χ4v) is 2.70. The van der Waals surface area contributed by atoms with Crippen LogP contribution in [0.1, 0.15) is 34.1 Å². The molecular formula is C16H18N4O3. The van der Waals surface area contributed by atoms with Crippen LogP contribution in [0.4, 0.5) is 5.82 Å². The van der Waals surface area contributed by atoms with Gasteiger partial charge in [-0.1, -0.05) is 18.2 Å². The number of aryl methyl sites for hydroxylation is 2. The van der Waals surface area contributed by atoms with Gasteiger partial charge < -0.3 is 20.1 Å². The summed E-state index contributed by atoms with van der Waals surface area (Å²) in [5.74, 6) is -0.164. The molecule has 0 fully saturated rings. The molecule has 2 heterocycles. The smallest absolute Gasteiger partial charge is 0.335 e. The van der Waals surface area contributed by atoms with Gasteiger partial charge in [0.25, 0.3) is 0 Å². The van der Waals surface area contributed by atoms with E-state index in [0.717, 1.165) is 17.8 Å². The Kier molecular flexibility index (Phi) is 4.38. The minimum atomic E-state index is -0.905. The average Bonchev–Trinajstić information content (AvgIpc) is 2.85. The van der Waals surface area contributed by atoms with Gasteiger partial charge in [0, 0.05) is 6.54 Å². The number of aromatic nitrogens is 2. The van der Waals surface area contributed by atoms with Crippen LogP contribution in [0.5, 0.6) is 0 Å². The summed E-state index contributed by atoms with van der Waals surface area (Å²) in [7, 11) is 0. The topological polar surface area (TPSA) is 99.7 Å². The molecule has 1 aliphatic rings. The number of hydrogen-bond donors (Lipinski definition) is 3. The minimum Gasteiger partial charge on any atom is -0.478 e. The predicted molar refractivity (Wildman–Crippen MR) is 85.9 cm³/mol. The van der Waals surface area contributed by atoms with E-state index in [1.807, 2.05) is 16.7 Å². The number of nitrogens with zero attached hydrogens (tertiary/aromatic N) is 3. The number of anilines is 1. The molecule has 1 aromatic carbocycles. The van der Waals surface area contributed by atoms with Gasteiger partial charge in [-0.15, -0.1) is 0 Å². The van der Waals surface area contributed by atoms with Crippen molar-refractivity contribution in [2.45, 2.75) is 25.5 Å². The molecular weight excluding hydrogens is 296 g/mol. The van der Waals surface area contributed by atoms with Gasteiger partial charge in [-0.05, 0) is 24.5 Å². The SMILES string of the molecule is O=C(O)c1ccccc1CCCn1cnc2c1NC=NCC2O. The van der Waals surface area contributed by atoms with E-state index < -0.39 is 12.1 Å². The lowest BCUT2D eigenvalue weighted by molar-refractivity contribution is 0.0695. The van der Waals surface area contributed by atoms with E-state index in [9.17, 15) is 15.0 Å². The Morgan fingerprint density at radius 2 is 2.22 bits per heavy atom. The van der Waals surface area contributed by atoms with Crippen molar-refractivity contribution in [1.82, 2.24) is 9.55 Å². The molecule has 0 bridgehead atoms. The lowest BCUT2D eigenvalue weighted by Gasteiger charge is -2.10. The number of nitrogens with one attached hydrogen (secondary N) is 1. The maximum atomic E-state index is 11.2. The molecule has 0 saturated heterocycles. The molecule has 1 aromatic heterocycles. The summed E-state index contributed by atoms with van der Waals surface area (Å²) in [6.45, 7) is 0.965. The number of aliphatic imine (C=N–C) groups is 1. The van der Waals surface area contributed by atoms with E-state index >= 15 is 0 Å². The predicted octanol–water partition coefficient (Wildman–Crippen LogP) is 1.70. The number of carbonyl (C=O) groups is 1. The number of benzene rings is 1. The lowest BCUT2D eigenvalue weighted by Crippen LogP contribution is -2.08. The number of carboxylic acids is 1. The third-order valence-corrected chi connectivity index (χ3v) is 3.85. The Morgan fingerprint density at radius 3 is 3.04 bits per heavy atom. The molecule has 120 valence electrons. The minimum absolute atomic E-state index is 0.295. The standard InChI is InChI=1S/C16H18N4O3/c21-13-8-17-9-18-15-14(13)19-10-20(15)7-3-5-11-4-1-2-6-12(11)16(22)23/h1-2,4,6,9-10,13,21H,3,5,7-8H2,(H,17,18)(H,22,23). The summed E-state index contributed by atoms with van der Waals surface area (Å²) in [5.41, 5.74) is 1.76. The zero-order valence-electron chi connectivity index (χ0n) is 12.5. The van der Waals surface area contributed by atoms with Crippen LogP contribution < -0.4 is 5.32 Å². The van der Waals surface area contributed by atoms with Crippen molar-refractivity contribution in [2.75, 3.05) is 11.9 Å². The van der Waals surface area contributed by atoms with Crippen molar-refractivity contribution in [1.29, 1.82) is 0 Å². The summed E-state index contributed by atoms with van der Waals surface area (Å²) in [6.07, 6.45) is 3.97. The summed E-state index contributed by atoms with van der Waals surface area (Å²) in [6, 6.07) is 7.04. The molecule has 3 N–H and O–H groups in total. The fraction of sp³-hybridized carbons (Fsp3) is 0.312. The van der Waals surface area contributed by atoms with Gasteiger partial charge in [0.1, 0.15) is 17.6 Å². The molecule has 2 aromatic rings. The molecule has 7 heteroatoms. The first kappa shape index (κ1) is 15.2. The van der Waals surface area contributed by atoms with E-state index in [2.05, 4.69) is 15.3 Å². The zero-order valence-corrected chi connectivity index (χ0v) is 12.5. The number of aliphatic hydroxyl groups excluding tert-OH is 1. The number of aromatic carboxylic acids is 1. The Morgan fingerprint density at radius 1 is 1.39 bits per heavy atom. The largest absolute Gasteiger partial charge is 0.478 e. The second-order valence-corrected chi connectivity index (χ2v) is 5.39. The van der Waals surface area contributed by atoms with Crippen molar-refractivity contribution in [3.8, 4) is 0 Å². The van der Waals surface area contributed by atoms with Crippen molar-refractivity contribution in [2.24, 2.45) is 4.99 Å². The van der Waals surface area contributed by atoms with Gasteiger partial charge in [0.05, 0.1) is 24.8 Å². The van der Waals surface area contributed by atoms with Gasteiger partial charge in [-0.25, -0.2) is 9.78 Å². The first-order valence-corrected chi connectivity index (χ1v) is 7.46. The molecule has 3 rings (SSSR count). The van der Waals surface area contributed by atoms with Gasteiger partial charge in [0.2, 0.25) is 0 Å². The number of fused-ring (bicyclic) bond motifs is 1. The van der Waals surface area contributed by atoms with Crippen LogP contribution in [0.2, 0.25) is 0 Å². The van der Waals surface area contributed by atoms with Gasteiger partial charge in [0.15, 0.2) is 0 Å². The van der Waals surface area contributed by atoms with Crippen molar-refractivity contribution in [3.05, 3.63) is 47.4 Å². The van der Waals surface area contributed by atoms with Crippen LogP contribution in [0.25, 0.3) is 0 Å². The van der Waals surface area contributed by atoms with E-state index in [1.54, 1.807) is 24.8 Å². The summed E-state index contributed by atoms with van der Waals surface area (Å²) in [4.78, 5) is 19.5. The summed E-state index contributed by atoms with van der Waals surface area (Å²) >= 11 is 0. The van der Waals surface area contributed by atoms with Gasteiger partial charge in [-0.2, -0.15) is 0 Å². The Balaban J connectivity index is 1.69. The maximum Gasteiger partial charge on any atom is 0.335 e. The molecule has 0 spiro atoms. The van der Waals surface area contributed by atoms with Gasteiger partial charge >= 0.3 is 5.97 Å². The Bertz CT molecular complexity index is 739. The first-order valence-electron chi connectivity index (χ1n) is 7.46. The molecule has 7 nitrogen and oxygen atoms in total. The number of carboxylic acid groups (broad SMARTS) is 1. The third kappa shape index (κ3) is 3.24. The van der Waals surface area contributed by atoms with Crippen LogP contribution in [0, 0.1) is 0 Å². The van der Waals surface area contributed by atoms with Gasteiger partial charge in [-0.3, -0.25) is 4.99 Å². The molecule has 0 aliphatic carbocycles. The summed E-state index contributed by atoms with van der Waals surface area (Å²) in [5, 5.41) is 22.2. The third-order valence-electron chi connectivity index (χ3n) is 3.85. The van der Waals surface area contributed by atoms with Crippen molar-refractivity contribution >= 4 is 18.1 Å². The van der Waals surface area contributed by atoms with Crippen LogP contribution >= 0.6 is 0 Å². The normalized spacial score (nSPS) is 16.5. The highest BCUT2D eigenvalue weighted by atomic mass is 16.4. The van der Waals surface area contributed by atoms with Crippen LogP contribution in [-0.2, 0) is 13.0 Å². The number of hydrogen-bond acceptors (Lipinski definition) is 5. The second-order valence-electron chi connectivity index (χ2n) is 5.39. The van der Waals surface area contributed by atoms with Crippen LogP contribution in [0.3, 0.4) is 0 Å². The van der Waals surface area contributed by atoms with E-state index in [-0.39, 0.29) is 0 Å². The monoisotopic (exact) mass is 314 g/mol. The van der Waals surface area contributed by atoms with Crippen LogP contribution in [0.15, 0.2) is 35.6 Å². The highest BCUT2D eigenvalue weighted by Gasteiger charge is 2.19. The molecule has 1 atom stereocenters. The Labute approximate surface area is 133 Å². The van der Waals surface area contributed by atoms with Crippen LogP contribution in [-0.4, -0.2) is 38.6 Å². The molecule has 1 aliphatic heterocycles. The summed E-state index contributed by atoms with van der Waals surface area (Å²) < 4.78 is 1.92. The second kappa shape index (κ2) is 6.62. The molecule has 23 heavy (non-hydrogen) atoms. The quantitative estimate of drug-likeness (QED) is 0.780.